The number of likely N-dealkylation sites (tertiary alicyclic amines) is 1. The van der Waals surface area contributed by atoms with Crippen molar-refractivity contribution in [2.45, 2.75) is 25.7 Å². The van der Waals surface area contributed by atoms with Gasteiger partial charge in [0.1, 0.15) is 6.61 Å². The molecular formula is C25H30Cl2N2O3. The molecule has 1 saturated heterocycles. The highest BCUT2D eigenvalue weighted by Gasteiger charge is 2.26. The highest BCUT2D eigenvalue weighted by Crippen LogP contribution is 2.39. The van der Waals surface area contributed by atoms with Crippen LogP contribution in [0.2, 0.25) is 5.02 Å². The van der Waals surface area contributed by atoms with Crippen molar-refractivity contribution >= 4 is 41.7 Å². The first-order valence-corrected chi connectivity index (χ1v) is 11.3. The fourth-order valence-corrected chi connectivity index (χ4v) is 4.42. The number of ether oxygens (including phenoxy) is 2. The summed E-state index contributed by atoms with van der Waals surface area (Å²) in [5.74, 6) is 1.34. The van der Waals surface area contributed by atoms with Gasteiger partial charge in [0.2, 0.25) is 0 Å². The van der Waals surface area contributed by atoms with Gasteiger partial charge in [0.05, 0.1) is 12.8 Å². The van der Waals surface area contributed by atoms with Gasteiger partial charge in [0, 0.05) is 30.3 Å². The van der Waals surface area contributed by atoms with Crippen molar-refractivity contribution in [3.05, 3.63) is 58.6 Å². The summed E-state index contributed by atoms with van der Waals surface area (Å²) in [6.07, 6.45) is 8.00. The van der Waals surface area contributed by atoms with Crippen LogP contribution < -0.4 is 14.4 Å². The van der Waals surface area contributed by atoms with Crippen molar-refractivity contribution in [2.75, 3.05) is 44.8 Å². The number of halogens is 2. The van der Waals surface area contributed by atoms with Crippen molar-refractivity contribution in [3.63, 3.8) is 0 Å². The summed E-state index contributed by atoms with van der Waals surface area (Å²) in [4.78, 5) is 17.1. The lowest BCUT2D eigenvalue weighted by Gasteiger charge is -2.26. The average Bonchev–Trinajstić information content (AvgIpc) is 3.21. The van der Waals surface area contributed by atoms with Crippen LogP contribution in [0.5, 0.6) is 11.5 Å². The Morgan fingerprint density at radius 3 is 2.62 bits per heavy atom. The lowest BCUT2D eigenvalue weighted by Crippen LogP contribution is -2.33. The molecule has 0 unspecified atom stereocenters. The van der Waals surface area contributed by atoms with E-state index in [1.54, 1.807) is 24.2 Å². The Kier molecular flexibility index (Phi) is 8.85. The second kappa shape index (κ2) is 11.6. The van der Waals surface area contributed by atoms with Crippen molar-refractivity contribution in [1.29, 1.82) is 0 Å². The van der Waals surface area contributed by atoms with E-state index in [4.69, 9.17) is 21.1 Å². The third-order valence-electron chi connectivity index (χ3n) is 5.95. The van der Waals surface area contributed by atoms with Gasteiger partial charge in [-0.25, -0.2) is 0 Å². The molecule has 0 aliphatic carbocycles. The fraction of sp³-hybridized carbons (Fsp3) is 0.400. The van der Waals surface area contributed by atoms with E-state index >= 15 is 0 Å². The molecule has 0 bridgehead atoms. The zero-order chi connectivity index (χ0) is 21.6. The molecule has 7 heteroatoms. The number of methoxy groups -OCH3 is 1. The molecule has 0 radical (unpaired) electrons. The smallest absolute Gasteiger partial charge is 0.251 e. The highest BCUT2D eigenvalue weighted by atomic mass is 35.5. The summed E-state index contributed by atoms with van der Waals surface area (Å²) in [6, 6.07) is 11.4. The van der Waals surface area contributed by atoms with E-state index in [1.807, 2.05) is 36.4 Å². The fourth-order valence-electron chi connectivity index (χ4n) is 4.23. The third kappa shape index (κ3) is 5.77. The molecule has 0 spiro atoms. The van der Waals surface area contributed by atoms with Crippen LogP contribution in [0.3, 0.4) is 0 Å². The maximum atomic E-state index is 12.9. The van der Waals surface area contributed by atoms with Crippen LogP contribution >= 0.6 is 24.0 Å². The molecular weight excluding hydrogens is 447 g/mol. The van der Waals surface area contributed by atoms with Gasteiger partial charge in [-0.1, -0.05) is 36.2 Å². The van der Waals surface area contributed by atoms with E-state index in [-0.39, 0.29) is 18.3 Å². The monoisotopic (exact) mass is 476 g/mol. The molecule has 0 atom stereocenters. The number of benzene rings is 2. The van der Waals surface area contributed by atoms with Gasteiger partial charge in [0.25, 0.3) is 5.91 Å². The minimum absolute atomic E-state index is 0. The number of piperidine rings is 1. The molecule has 4 rings (SSSR count). The standard InChI is InChI=1S/C25H29ClN2O3.ClH/c1-30-23-17-20-11-14-28(25(29)10-9-19-7-3-4-8-21(19)26)22(20)18-24(23)31-16-15-27-12-5-2-6-13-27;/h3-4,7-10,17-18H,2,5-6,11-16H2,1H3;1H/b10-9+;. The predicted molar refractivity (Wildman–Crippen MR) is 133 cm³/mol. The quantitative estimate of drug-likeness (QED) is 0.512. The van der Waals surface area contributed by atoms with Gasteiger partial charge in [-0.05, 0) is 61.7 Å². The Morgan fingerprint density at radius 2 is 1.88 bits per heavy atom. The van der Waals surface area contributed by atoms with E-state index < -0.39 is 0 Å². The van der Waals surface area contributed by atoms with Crippen LogP contribution in [0.25, 0.3) is 6.08 Å². The minimum Gasteiger partial charge on any atom is -0.493 e. The van der Waals surface area contributed by atoms with Crippen molar-refractivity contribution < 1.29 is 14.3 Å². The Hall–Kier alpha value is -2.21. The molecule has 0 saturated carbocycles. The minimum atomic E-state index is -0.0666. The molecule has 2 heterocycles. The van der Waals surface area contributed by atoms with Gasteiger partial charge < -0.3 is 14.4 Å². The number of fused-ring (bicyclic) bond motifs is 1. The van der Waals surface area contributed by atoms with Crippen molar-refractivity contribution in [2.24, 2.45) is 0 Å². The Labute approximate surface area is 201 Å². The van der Waals surface area contributed by atoms with E-state index in [0.29, 0.717) is 23.9 Å². The van der Waals surface area contributed by atoms with E-state index in [0.717, 1.165) is 48.6 Å². The lowest BCUT2D eigenvalue weighted by atomic mass is 10.1. The highest BCUT2D eigenvalue weighted by molar-refractivity contribution is 6.32. The third-order valence-corrected chi connectivity index (χ3v) is 6.30. The predicted octanol–water partition coefficient (Wildman–Crippen LogP) is 5.24. The molecule has 1 amide bonds. The number of carbonyl (C=O) groups excluding carboxylic acids is 1. The Bertz CT molecular complexity index is 958. The maximum Gasteiger partial charge on any atom is 0.251 e. The van der Waals surface area contributed by atoms with Gasteiger partial charge in [-0.15, -0.1) is 12.4 Å². The molecule has 2 aromatic carbocycles. The molecule has 0 N–H and O–H groups in total. The number of hydrogen-bond donors (Lipinski definition) is 0. The maximum absolute atomic E-state index is 12.9. The molecule has 172 valence electrons. The largest absolute Gasteiger partial charge is 0.493 e. The van der Waals surface area contributed by atoms with Gasteiger partial charge >= 0.3 is 0 Å². The lowest BCUT2D eigenvalue weighted by molar-refractivity contribution is -0.114. The van der Waals surface area contributed by atoms with Crippen LogP contribution in [0.1, 0.15) is 30.4 Å². The van der Waals surface area contributed by atoms with Crippen LogP contribution in [-0.4, -0.2) is 50.7 Å². The zero-order valence-corrected chi connectivity index (χ0v) is 20.0. The SMILES string of the molecule is COc1cc2c(cc1OCCN1CCCCC1)N(C(=O)/C=C/c1ccccc1Cl)CC2.Cl. The number of rotatable bonds is 7. The number of nitrogens with zero attached hydrogens (tertiary/aromatic N) is 2. The number of carbonyl (C=O) groups is 1. The second-order valence-corrected chi connectivity index (χ2v) is 8.38. The molecule has 5 nitrogen and oxygen atoms in total. The van der Waals surface area contributed by atoms with E-state index in [2.05, 4.69) is 4.90 Å². The van der Waals surface area contributed by atoms with E-state index in [9.17, 15) is 4.79 Å². The first-order valence-electron chi connectivity index (χ1n) is 11.0. The number of hydrogen-bond acceptors (Lipinski definition) is 4. The molecule has 2 aliphatic heterocycles. The van der Waals surface area contributed by atoms with Crippen LogP contribution in [0.15, 0.2) is 42.5 Å². The Balaban J connectivity index is 0.00000289. The van der Waals surface area contributed by atoms with Crippen molar-refractivity contribution in [3.8, 4) is 11.5 Å². The van der Waals surface area contributed by atoms with Crippen LogP contribution in [-0.2, 0) is 11.2 Å². The van der Waals surface area contributed by atoms with Crippen LogP contribution in [0.4, 0.5) is 5.69 Å². The molecule has 2 aliphatic rings. The van der Waals surface area contributed by atoms with E-state index in [1.165, 1.54) is 19.3 Å². The summed E-state index contributed by atoms with van der Waals surface area (Å²) in [7, 11) is 1.66. The number of amides is 1. The van der Waals surface area contributed by atoms with Gasteiger partial charge in [-0.2, -0.15) is 0 Å². The van der Waals surface area contributed by atoms with Gasteiger partial charge in [0.15, 0.2) is 11.5 Å². The summed E-state index contributed by atoms with van der Waals surface area (Å²) in [6.45, 7) is 4.44. The normalized spacial score (nSPS) is 16.0. The Morgan fingerprint density at radius 1 is 1.09 bits per heavy atom. The summed E-state index contributed by atoms with van der Waals surface area (Å²) in [5.41, 5.74) is 2.82. The van der Waals surface area contributed by atoms with Crippen molar-refractivity contribution in [1.82, 2.24) is 4.90 Å². The average molecular weight is 477 g/mol. The summed E-state index contributed by atoms with van der Waals surface area (Å²) >= 11 is 6.20. The topological polar surface area (TPSA) is 42.0 Å². The summed E-state index contributed by atoms with van der Waals surface area (Å²) in [5, 5.41) is 0.627. The number of anilines is 1. The zero-order valence-electron chi connectivity index (χ0n) is 18.4. The molecule has 1 fully saturated rings. The first kappa shape index (κ1) is 24.4. The van der Waals surface area contributed by atoms with Gasteiger partial charge in [-0.3, -0.25) is 9.69 Å². The molecule has 2 aromatic rings. The second-order valence-electron chi connectivity index (χ2n) is 7.98. The first-order chi connectivity index (χ1) is 15.2. The summed E-state index contributed by atoms with van der Waals surface area (Å²) < 4.78 is 11.6. The molecule has 0 aromatic heterocycles. The van der Waals surface area contributed by atoms with Crippen LogP contribution in [0, 0.1) is 0 Å². The molecule has 32 heavy (non-hydrogen) atoms.